The van der Waals surface area contributed by atoms with Crippen molar-refractivity contribution < 1.29 is 9.53 Å². The van der Waals surface area contributed by atoms with Crippen LogP contribution in [0.1, 0.15) is 18.1 Å². The van der Waals surface area contributed by atoms with E-state index < -0.39 is 0 Å². The summed E-state index contributed by atoms with van der Waals surface area (Å²) in [6.45, 7) is 3.34. The normalized spacial score (nSPS) is 13.9. The van der Waals surface area contributed by atoms with E-state index in [4.69, 9.17) is 4.74 Å². The molecule has 172 valence electrons. The van der Waals surface area contributed by atoms with E-state index in [1.165, 1.54) is 22.9 Å². The van der Waals surface area contributed by atoms with Crippen molar-refractivity contribution >= 4 is 17.7 Å². The van der Waals surface area contributed by atoms with Crippen LogP contribution in [0.2, 0.25) is 0 Å². The first-order valence-electron chi connectivity index (χ1n) is 11.3. The van der Waals surface area contributed by atoms with E-state index in [1.54, 1.807) is 7.11 Å². The lowest BCUT2D eigenvalue weighted by Gasteiger charge is -2.30. The average Bonchev–Trinajstić information content (AvgIpc) is 3.31. The van der Waals surface area contributed by atoms with Crippen molar-refractivity contribution in [1.82, 2.24) is 19.7 Å². The zero-order valence-electron chi connectivity index (χ0n) is 19.2. The Labute approximate surface area is 203 Å². The summed E-state index contributed by atoms with van der Waals surface area (Å²) < 4.78 is 7.41. The number of carbonyl (C=O) groups excluding carboxylic acids is 1. The molecule has 1 unspecified atom stereocenters. The van der Waals surface area contributed by atoms with Crippen LogP contribution >= 0.6 is 11.8 Å². The minimum absolute atomic E-state index is 0.116. The molecule has 1 aliphatic heterocycles. The number of ether oxygens (including phenoxy) is 1. The smallest absolute Gasteiger partial charge is 0.236 e. The van der Waals surface area contributed by atoms with Crippen LogP contribution in [0.25, 0.3) is 17.1 Å². The minimum Gasteiger partial charge on any atom is -0.497 e. The average molecular weight is 471 g/mol. The number of methoxy groups -OCH3 is 1. The van der Waals surface area contributed by atoms with Gasteiger partial charge in [-0.25, -0.2) is 0 Å². The van der Waals surface area contributed by atoms with Crippen molar-refractivity contribution in [2.75, 3.05) is 13.7 Å². The molecule has 0 N–H and O–H groups in total. The van der Waals surface area contributed by atoms with Crippen LogP contribution in [-0.2, 0) is 17.8 Å². The largest absolute Gasteiger partial charge is 0.497 e. The fourth-order valence-corrected chi connectivity index (χ4v) is 5.21. The predicted molar refractivity (Wildman–Crippen MR) is 134 cm³/mol. The van der Waals surface area contributed by atoms with Gasteiger partial charge in [0.05, 0.1) is 12.4 Å². The molecule has 0 fully saturated rings. The van der Waals surface area contributed by atoms with Crippen LogP contribution in [0.15, 0.2) is 84.0 Å². The van der Waals surface area contributed by atoms with Gasteiger partial charge < -0.3 is 9.64 Å². The molecule has 1 aromatic heterocycles. The molecule has 1 atom stereocenters. The molecule has 0 spiro atoms. The second kappa shape index (κ2) is 9.73. The molecule has 5 rings (SSSR count). The quantitative estimate of drug-likeness (QED) is 0.371. The van der Waals surface area contributed by atoms with Gasteiger partial charge in [0, 0.05) is 24.3 Å². The Balaban J connectivity index is 1.43. The number of hydrogen-bond acceptors (Lipinski definition) is 5. The summed E-state index contributed by atoms with van der Waals surface area (Å²) in [5.41, 5.74) is 4.40. The number of carbonyl (C=O) groups is 1. The Hall–Kier alpha value is -3.58. The molecule has 0 saturated heterocycles. The van der Waals surface area contributed by atoms with E-state index in [-0.39, 0.29) is 11.2 Å². The maximum Gasteiger partial charge on any atom is 0.236 e. The third-order valence-electron chi connectivity index (χ3n) is 6.05. The minimum atomic E-state index is -0.296. The number of para-hydroxylation sites is 1. The van der Waals surface area contributed by atoms with Crippen LogP contribution in [0, 0.1) is 0 Å². The van der Waals surface area contributed by atoms with Crippen LogP contribution in [-0.4, -0.2) is 44.5 Å². The van der Waals surface area contributed by atoms with Crippen LogP contribution in [0.3, 0.4) is 0 Å². The van der Waals surface area contributed by atoms with Gasteiger partial charge in [0.25, 0.3) is 0 Å². The summed E-state index contributed by atoms with van der Waals surface area (Å²) in [4.78, 5) is 15.3. The fraction of sp³-hybridized carbons (Fsp3) is 0.222. The maximum absolute atomic E-state index is 13.4. The molecule has 2 heterocycles. The number of nitrogens with zero attached hydrogens (tertiary/aromatic N) is 4. The Morgan fingerprint density at radius 3 is 2.53 bits per heavy atom. The molecule has 34 heavy (non-hydrogen) atoms. The molecule has 0 radical (unpaired) electrons. The topological polar surface area (TPSA) is 60.3 Å². The Bertz CT molecular complexity index is 1310. The highest BCUT2D eigenvalue weighted by atomic mass is 32.2. The highest BCUT2D eigenvalue weighted by Crippen LogP contribution is 2.32. The zero-order valence-corrected chi connectivity index (χ0v) is 20.0. The lowest BCUT2D eigenvalue weighted by Crippen LogP contribution is -2.40. The standard InChI is InChI=1S/C27H26N4O2S/c1-19(26(32)30-16-15-20-9-6-7-10-22(20)18-30)34-27-29-28-25(21-11-8-14-24(17-21)33-2)31(27)23-12-4-3-5-13-23/h3-14,17,19H,15-16,18H2,1-2H3. The van der Waals surface area contributed by atoms with Crippen molar-refractivity contribution in [2.45, 2.75) is 30.3 Å². The van der Waals surface area contributed by atoms with Gasteiger partial charge in [0.2, 0.25) is 5.91 Å². The maximum atomic E-state index is 13.4. The summed E-state index contributed by atoms with van der Waals surface area (Å²) in [5.74, 6) is 1.58. The number of benzene rings is 3. The summed E-state index contributed by atoms with van der Waals surface area (Å²) in [6.07, 6.45) is 0.888. The summed E-state index contributed by atoms with van der Waals surface area (Å²) in [7, 11) is 1.65. The van der Waals surface area contributed by atoms with E-state index in [0.717, 1.165) is 30.0 Å². The number of hydrogen-bond donors (Lipinski definition) is 0. The van der Waals surface area contributed by atoms with Gasteiger partial charge in [0.15, 0.2) is 11.0 Å². The van der Waals surface area contributed by atoms with Gasteiger partial charge in [-0.05, 0) is 48.7 Å². The zero-order chi connectivity index (χ0) is 23.5. The molecule has 0 bridgehead atoms. The van der Waals surface area contributed by atoms with Crippen LogP contribution in [0.5, 0.6) is 5.75 Å². The van der Waals surface area contributed by atoms with Gasteiger partial charge in [-0.1, -0.05) is 66.4 Å². The second-order valence-corrected chi connectivity index (χ2v) is 9.56. The lowest BCUT2D eigenvalue weighted by molar-refractivity contribution is -0.131. The SMILES string of the molecule is COc1cccc(-c2nnc(SC(C)C(=O)N3CCc4ccccc4C3)n2-c2ccccc2)c1. The summed E-state index contributed by atoms with van der Waals surface area (Å²) in [6, 6.07) is 26.1. The van der Waals surface area contributed by atoms with Crippen molar-refractivity contribution in [1.29, 1.82) is 0 Å². The van der Waals surface area contributed by atoms with Gasteiger partial charge in [0.1, 0.15) is 5.75 Å². The first-order valence-corrected chi connectivity index (χ1v) is 12.2. The lowest BCUT2D eigenvalue weighted by atomic mass is 10.00. The van der Waals surface area contributed by atoms with Gasteiger partial charge in [-0.2, -0.15) is 0 Å². The number of rotatable bonds is 6. The molecular formula is C27H26N4O2S. The van der Waals surface area contributed by atoms with E-state index in [1.807, 2.05) is 77.1 Å². The number of amides is 1. The first kappa shape index (κ1) is 22.2. The summed E-state index contributed by atoms with van der Waals surface area (Å²) in [5, 5.41) is 9.38. The van der Waals surface area contributed by atoms with Crippen molar-refractivity contribution in [2.24, 2.45) is 0 Å². The molecule has 1 aliphatic rings. The summed E-state index contributed by atoms with van der Waals surface area (Å²) >= 11 is 1.44. The molecule has 6 nitrogen and oxygen atoms in total. The molecule has 3 aromatic carbocycles. The third-order valence-corrected chi connectivity index (χ3v) is 7.08. The number of thioether (sulfide) groups is 1. The van der Waals surface area contributed by atoms with E-state index in [9.17, 15) is 4.79 Å². The van der Waals surface area contributed by atoms with Gasteiger partial charge in [-0.15, -0.1) is 10.2 Å². The fourth-order valence-electron chi connectivity index (χ4n) is 4.25. The van der Waals surface area contributed by atoms with Crippen molar-refractivity contribution in [3.8, 4) is 22.8 Å². The molecule has 7 heteroatoms. The van der Waals surface area contributed by atoms with E-state index >= 15 is 0 Å². The number of aromatic nitrogens is 3. The third kappa shape index (κ3) is 4.43. The van der Waals surface area contributed by atoms with E-state index in [2.05, 4.69) is 28.4 Å². The van der Waals surface area contributed by atoms with E-state index in [0.29, 0.717) is 17.5 Å². The first-order chi connectivity index (χ1) is 16.6. The van der Waals surface area contributed by atoms with Crippen LogP contribution in [0.4, 0.5) is 0 Å². The highest BCUT2D eigenvalue weighted by molar-refractivity contribution is 8.00. The molecule has 4 aromatic rings. The Morgan fingerprint density at radius 2 is 1.74 bits per heavy atom. The van der Waals surface area contributed by atoms with Gasteiger partial charge in [-0.3, -0.25) is 9.36 Å². The van der Waals surface area contributed by atoms with Crippen LogP contribution < -0.4 is 4.74 Å². The highest BCUT2D eigenvalue weighted by Gasteiger charge is 2.27. The second-order valence-electron chi connectivity index (χ2n) is 8.25. The Kier molecular flexibility index (Phi) is 6.36. The van der Waals surface area contributed by atoms with Crippen molar-refractivity contribution in [3.63, 3.8) is 0 Å². The molecule has 1 amide bonds. The number of fused-ring (bicyclic) bond motifs is 1. The molecule has 0 saturated carbocycles. The monoisotopic (exact) mass is 470 g/mol. The Morgan fingerprint density at radius 1 is 0.971 bits per heavy atom. The molecule has 0 aliphatic carbocycles. The molecular weight excluding hydrogens is 444 g/mol. The van der Waals surface area contributed by atoms with Gasteiger partial charge >= 0.3 is 0 Å². The van der Waals surface area contributed by atoms with Crippen molar-refractivity contribution in [3.05, 3.63) is 90.0 Å². The predicted octanol–water partition coefficient (Wildman–Crippen LogP) is 5.01.